The fourth-order valence-electron chi connectivity index (χ4n) is 3.35. The topological polar surface area (TPSA) is 25.8 Å². The van der Waals surface area contributed by atoms with Gasteiger partial charge in [-0.2, -0.15) is 0 Å². The van der Waals surface area contributed by atoms with Crippen molar-refractivity contribution in [3.8, 4) is 40.4 Å². The van der Waals surface area contributed by atoms with Gasteiger partial charge in [-0.05, 0) is 84.6 Å². The summed E-state index contributed by atoms with van der Waals surface area (Å²) in [6.45, 7) is 4.40. The number of hydrogen-bond acceptors (Lipinski definition) is 5. The van der Waals surface area contributed by atoms with E-state index >= 15 is 0 Å². The summed E-state index contributed by atoms with van der Waals surface area (Å²) in [6, 6.07) is 17.4. The SMILES string of the molecule is Cc1cc(-c2ccncc2)sc1-c1ccc(-c2sc(-c3ccncc3)cc2C)s1. The first-order valence-corrected chi connectivity index (χ1v) is 11.8. The van der Waals surface area contributed by atoms with Gasteiger partial charge in [0.1, 0.15) is 0 Å². The van der Waals surface area contributed by atoms with Gasteiger partial charge in [0.15, 0.2) is 0 Å². The van der Waals surface area contributed by atoms with Crippen LogP contribution in [0, 0.1) is 13.8 Å². The molecule has 5 heteroatoms. The molecule has 5 aromatic heterocycles. The molecule has 2 nitrogen and oxygen atoms in total. The van der Waals surface area contributed by atoms with Crippen LogP contribution in [0.5, 0.6) is 0 Å². The zero-order valence-electron chi connectivity index (χ0n) is 16.0. The summed E-state index contributed by atoms with van der Waals surface area (Å²) >= 11 is 5.60. The minimum absolute atomic E-state index is 1.23. The number of pyridine rings is 2. The van der Waals surface area contributed by atoms with E-state index in [1.165, 1.54) is 51.5 Å². The number of rotatable bonds is 4. The molecule has 0 amide bonds. The molecule has 0 aliphatic heterocycles. The van der Waals surface area contributed by atoms with Crippen LogP contribution in [0.2, 0.25) is 0 Å². The minimum atomic E-state index is 1.23. The van der Waals surface area contributed by atoms with Crippen LogP contribution in [0.25, 0.3) is 40.4 Å². The smallest absolute Gasteiger partial charge is 0.0478 e. The van der Waals surface area contributed by atoms with E-state index in [4.69, 9.17) is 0 Å². The van der Waals surface area contributed by atoms with Gasteiger partial charge in [-0.15, -0.1) is 34.0 Å². The Balaban J connectivity index is 1.49. The number of nitrogens with zero attached hydrogens (tertiary/aromatic N) is 2. The van der Waals surface area contributed by atoms with Gasteiger partial charge in [0.05, 0.1) is 0 Å². The van der Waals surface area contributed by atoms with E-state index in [1.807, 2.05) is 58.8 Å². The monoisotopic (exact) mass is 430 g/mol. The van der Waals surface area contributed by atoms with Crippen molar-refractivity contribution in [2.45, 2.75) is 13.8 Å². The Morgan fingerprint density at radius 1 is 0.517 bits per heavy atom. The summed E-state index contributed by atoms with van der Waals surface area (Å²) in [4.78, 5) is 16.2. The summed E-state index contributed by atoms with van der Waals surface area (Å²) in [5.41, 5.74) is 5.12. The third-order valence-corrected chi connectivity index (χ3v) is 8.84. The molecule has 5 aromatic rings. The molecular weight excluding hydrogens is 412 g/mol. The highest BCUT2D eigenvalue weighted by molar-refractivity contribution is 7.28. The normalized spacial score (nSPS) is 11.1. The van der Waals surface area contributed by atoms with Crippen LogP contribution < -0.4 is 0 Å². The number of aryl methyl sites for hydroxylation is 2. The molecule has 0 bridgehead atoms. The molecule has 0 saturated heterocycles. The maximum absolute atomic E-state index is 4.13. The van der Waals surface area contributed by atoms with Gasteiger partial charge >= 0.3 is 0 Å². The lowest BCUT2D eigenvalue weighted by Crippen LogP contribution is -1.72. The molecule has 0 aromatic carbocycles. The number of aromatic nitrogens is 2. The number of thiophene rings is 3. The van der Waals surface area contributed by atoms with Crippen LogP contribution in [0.1, 0.15) is 11.1 Å². The van der Waals surface area contributed by atoms with Crippen molar-refractivity contribution in [1.29, 1.82) is 0 Å². The van der Waals surface area contributed by atoms with E-state index < -0.39 is 0 Å². The van der Waals surface area contributed by atoms with Crippen LogP contribution in [0.4, 0.5) is 0 Å². The Hall–Kier alpha value is -2.60. The molecule has 0 atom stereocenters. The van der Waals surface area contributed by atoms with E-state index in [0.29, 0.717) is 0 Å². The Morgan fingerprint density at radius 3 is 1.34 bits per heavy atom. The summed E-state index contributed by atoms with van der Waals surface area (Å²) < 4.78 is 0. The molecule has 0 fully saturated rings. The van der Waals surface area contributed by atoms with Crippen LogP contribution in [0.15, 0.2) is 73.3 Å². The summed E-state index contributed by atoms with van der Waals surface area (Å²) in [5.74, 6) is 0. The quantitative estimate of drug-likeness (QED) is 0.289. The third kappa shape index (κ3) is 3.57. The molecule has 0 saturated carbocycles. The molecule has 29 heavy (non-hydrogen) atoms. The molecule has 0 aliphatic rings. The van der Waals surface area contributed by atoms with Gasteiger partial charge in [-0.1, -0.05) is 0 Å². The van der Waals surface area contributed by atoms with Crippen LogP contribution >= 0.6 is 34.0 Å². The predicted octanol–water partition coefficient (Wildman–Crippen LogP) is 7.95. The van der Waals surface area contributed by atoms with Crippen molar-refractivity contribution in [2.75, 3.05) is 0 Å². The van der Waals surface area contributed by atoms with Crippen LogP contribution in [-0.2, 0) is 0 Å². The lowest BCUT2D eigenvalue weighted by Gasteiger charge is -1.96. The predicted molar refractivity (Wildman–Crippen MR) is 127 cm³/mol. The molecule has 0 radical (unpaired) electrons. The van der Waals surface area contributed by atoms with Crippen molar-refractivity contribution in [3.05, 3.63) is 84.4 Å². The van der Waals surface area contributed by atoms with Crippen LogP contribution in [0.3, 0.4) is 0 Å². The second kappa shape index (κ2) is 7.67. The maximum atomic E-state index is 4.13. The summed E-state index contributed by atoms with van der Waals surface area (Å²) in [7, 11) is 0. The average Bonchev–Trinajstić information content (AvgIpc) is 3.47. The third-order valence-electron chi connectivity index (χ3n) is 4.82. The second-order valence-corrected chi connectivity index (χ2v) is 10.1. The first kappa shape index (κ1) is 18.4. The minimum Gasteiger partial charge on any atom is -0.265 e. The summed E-state index contributed by atoms with van der Waals surface area (Å²) in [6.07, 6.45) is 7.42. The van der Waals surface area contributed by atoms with Gasteiger partial charge in [-0.3, -0.25) is 9.97 Å². The largest absolute Gasteiger partial charge is 0.265 e. The molecule has 0 unspecified atom stereocenters. The Morgan fingerprint density at radius 2 is 0.931 bits per heavy atom. The molecule has 0 aliphatic carbocycles. The fourth-order valence-corrected chi connectivity index (χ4v) is 7.06. The van der Waals surface area contributed by atoms with Crippen molar-refractivity contribution >= 4 is 34.0 Å². The molecular formula is C24H18N2S3. The fraction of sp³-hybridized carbons (Fsp3) is 0.0833. The van der Waals surface area contributed by atoms with E-state index in [2.05, 4.69) is 72.3 Å². The standard InChI is InChI=1S/C24H18N2S3/c1-15-13-21(17-5-9-25-10-6-17)28-23(15)19-3-4-20(27-19)24-16(2)14-22(29-24)18-7-11-26-12-8-18/h3-14H,1-2H3. The van der Waals surface area contributed by atoms with E-state index in [0.717, 1.165) is 0 Å². The van der Waals surface area contributed by atoms with Crippen LogP contribution in [-0.4, -0.2) is 9.97 Å². The maximum Gasteiger partial charge on any atom is 0.0478 e. The highest BCUT2D eigenvalue weighted by Crippen LogP contribution is 2.45. The lowest BCUT2D eigenvalue weighted by molar-refractivity contribution is 1.33. The van der Waals surface area contributed by atoms with Crippen molar-refractivity contribution in [2.24, 2.45) is 0 Å². The van der Waals surface area contributed by atoms with E-state index in [-0.39, 0.29) is 0 Å². The zero-order chi connectivity index (χ0) is 19.8. The second-order valence-electron chi connectivity index (χ2n) is 6.88. The van der Waals surface area contributed by atoms with Gasteiger partial charge in [-0.25, -0.2) is 0 Å². The molecule has 142 valence electrons. The number of hydrogen-bond donors (Lipinski definition) is 0. The van der Waals surface area contributed by atoms with Gasteiger partial charge < -0.3 is 0 Å². The molecule has 0 N–H and O–H groups in total. The first-order chi connectivity index (χ1) is 14.2. The highest BCUT2D eigenvalue weighted by Gasteiger charge is 2.15. The average molecular weight is 431 g/mol. The van der Waals surface area contributed by atoms with Crippen molar-refractivity contribution in [1.82, 2.24) is 9.97 Å². The van der Waals surface area contributed by atoms with Gasteiger partial charge in [0, 0.05) is 54.1 Å². The van der Waals surface area contributed by atoms with Gasteiger partial charge in [0.25, 0.3) is 0 Å². The summed E-state index contributed by atoms with van der Waals surface area (Å²) in [5, 5.41) is 0. The molecule has 0 spiro atoms. The van der Waals surface area contributed by atoms with Crippen molar-refractivity contribution in [3.63, 3.8) is 0 Å². The molecule has 5 heterocycles. The highest BCUT2D eigenvalue weighted by atomic mass is 32.1. The Bertz CT molecular complexity index is 1170. The lowest BCUT2D eigenvalue weighted by atomic mass is 10.2. The van der Waals surface area contributed by atoms with Crippen molar-refractivity contribution < 1.29 is 0 Å². The van der Waals surface area contributed by atoms with E-state index in [1.54, 1.807) is 0 Å². The zero-order valence-corrected chi connectivity index (χ0v) is 18.5. The van der Waals surface area contributed by atoms with E-state index in [9.17, 15) is 0 Å². The Labute approximate surface area is 182 Å². The molecule has 5 rings (SSSR count). The first-order valence-electron chi connectivity index (χ1n) is 9.31. The van der Waals surface area contributed by atoms with Gasteiger partial charge in [0.2, 0.25) is 0 Å². The Kier molecular flexibility index (Phi) is 4.87.